The fourth-order valence-corrected chi connectivity index (χ4v) is 4.38. The summed E-state index contributed by atoms with van der Waals surface area (Å²) < 4.78 is 23.0. The lowest BCUT2D eigenvalue weighted by molar-refractivity contribution is -0.143. The minimum atomic E-state index is -3.11. The van der Waals surface area contributed by atoms with Gasteiger partial charge in [0.1, 0.15) is 0 Å². The lowest BCUT2D eigenvalue weighted by Gasteiger charge is -2.22. The number of anilines is 1. The highest BCUT2D eigenvalue weighted by molar-refractivity contribution is 7.91. The van der Waals surface area contributed by atoms with Gasteiger partial charge in [0.25, 0.3) is 0 Å². The number of hydrogen-bond donors (Lipinski definition) is 2. The van der Waals surface area contributed by atoms with E-state index in [1.165, 1.54) is 18.3 Å². The van der Waals surface area contributed by atoms with Gasteiger partial charge in [-0.2, -0.15) is 0 Å². The molecule has 23 heavy (non-hydrogen) atoms. The molecule has 1 fully saturated rings. The van der Waals surface area contributed by atoms with Crippen molar-refractivity contribution in [3.05, 3.63) is 24.5 Å². The number of amides is 2. The first-order valence-corrected chi connectivity index (χ1v) is 8.89. The fraction of sp³-hybridized carbons (Fsp3) is 0.357. The van der Waals surface area contributed by atoms with Crippen molar-refractivity contribution in [2.75, 3.05) is 23.9 Å². The summed E-state index contributed by atoms with van der Waals surface area (Å²) in [6.45, 7) is 0. The first-order chi connectivity index (χ1) is 10.9. The van der Waals surface area contributed by atoms with Crippen molar-refractivity contribution in [2.24, 2.45) is 0 Å². The maximum atomic E-state index is 12.2. The summed E-state index contributed by atoms with van der Waals surface area (Å²) in [6.07, 6.45) is 1.90. The Balaban J connectivity index is 1.68. The molecular formula is C14H16N4O4S. The molecule has 2 aromatic rings. The molecule has 0 bridgehead atoms. The number of sulfone groups is 1. The topological polar surface area (TPSA) is 112 Å². The zero-order chi connectivity index (χ0) is 16.6. The molecule has 0 spiro atoms. The van der Waals surface area contributed by atoms with Crippen LogP contribution in [-0.2, 0) is 19.4 Å². The van der Waals surface area contributed by atoms with Crippen LogP contribution in [0.25, 0.3) is 11.0 Å². The van der Waals surface area contributed by atoms with Gasteiger partial charge in [-0.3, -0.25) is 9.59 Å². The number of carbonyl (C=O) groups is 2. The number of imidazole rings is 1. The van der Waals surface area contributed by atoms with Crippen LogP contribution < -0.4 is 5.32 Å². The zero-order valence-corrected chi connectivity index (χ0v) is 13.3. The van der Waals surface area contributed by atoms with Crippen LogP contribution in [0.3, 0.4) is 0 Å². The van der Waals surface area contributed by atoms with Gasteiger partial charge in [0.2, 0.25) is 0 Å². The number of H-pyrrole nitrogens is 1. The van der Waals surface area contributed by atoms with E-state index < -0.39 is 27.7 Å². The number of likely N-dealkylation sites (N-methyl/N-ethyl adjacent to an activating group) is 1. The standard InChI is InChI=1S/C14H16N4O4S/c1-18(10-4-5-23(21,22)7-10)14(20)13(19)17-9-2-3-11-12(6-9)16-8-15-11/h2-3,6,8,10H,4-5,7H2,1H3,(H,15,16)(H,17,19). The lowest BCUT2D eigenvalue weighted by Crippen LogP contribution is -2.43. The third kappa shape index (κ3) is 3.19. The Morgan fingerprint density at radius 1 is 1.39 bits per heavy atom. The Kier molecular flexibility index (Phi) is 3.80. The highest BCUT2D eigenvalue weighted by Crippen LogP contribution is 2.18. The Morgan fingerprint density at radius 2 is 2.17 bits per heavy atom. The van der Waals surface area contributed by atoms with Gasteiger partial charge in [0, 0.05) is 18.8 Å². The Labute approximate surface area is 132 Å². The first-order valence-electron chi connectivity index (χ1n) is 7.07. The number of fused-ring (bicyclic) bond motifs is 1. The van der Waals surface area contributed by atoms with E-state index in [0.717, 1.165) is 11.0 Å². The molecular weight excluding hydrogens is 320 g/mol. The molecule has 2 amide bonds. The summed E-state index contributed by atoms with van der Waals surface area (Å²) in [4.78, 5) is 32.4. The van der Waals surface area contributed by atoms with Gasteiger partial charge in [-0.05, 0) is 24.6 Å². The van der Waals surface area contributed by atoms with E-state index in [1.807, 2.05) is 0 Å². The minimum absolute atomic E-state index is 0.0490. The smallest absolute Gasteiger partial charge is 0.313 e. The van der Waals surface area contributed by atoms with Gasteiger partial charge in [0.05, 0.1) is 28.9 Å². The van der Waals surface area contributed by atoms with E-state index in [0.29, 0.717) is 12.1 Å². The number of rotatable bonds is 2. The van der Waals surface area contributed by atoms with Crippen molar-refractivity contribution in [1.82, 2.24) is 14.9 Å². The molecule has 3 rings (SSSR count). The fourth-order valence-electron chi connectivity index (χ4n) is 2.60. The molecule has 1 aromatic carbocycles. The monoisotopic (exact) mass is 336 g/mol. The van der Waals surface area contributed by atoms with Gasteiger partial charge in [0.15, 0.2) is 9.84 Å². The Bertz CT molecular complexity index is 874. The predicted octanol–water partition coefficient (Wildman–Crippen LogP) is 0.147. The van der Waals surface area contributed by atoms with E-state index >= 15 is 0 Å². The second-order valence-electron chi connectivity index (χ2n) is 5.56. The van der Waals surface area contributed by atoms with Crippen LogP contribution in [0.2, 0.25) is 0 Å². The summed E-state index contributed by atoms with van der Waals surface area (Å²) in [5.74, 6) is -1.59. The molecule has 1 unspecified atom stereocenters. The molecule has 2 heterocycles. The van der Waals surface area contributed by atoms with Crippen molar-refractivity contribution in [3.63, 3.8) is 0 Å². The van der Waals surface area contributed by atoms with Crippen LogP contribution in [0.15, 0.2) is 24.5 Å². The second kappa shape index (κ2) is 5.65. The second-order valence-corrected chi connectivity index (χ2v) is 7.79. The highest BCUT2D eigenvalue weighted by Gasteiger charge is 2.34. The van der Waals surface area contributed by atoms with E-state index in [-0.39, 0.29) is 11.5 Å². The van der Waals surface area contributed by atoms with Crippen LogP contribution in [-0.4, -0.2) is 59.7 Å². The third-order valence-electron chi connectivity index (χ3n) is 3.95. The molecule has 1 atom stereocenters. The van der Waals surface area contributed by atoms with Gasteiger partial charge >= 0.3 is 11.8 Å². The average Bonchev–Trinajstić information content (AvgIpc) is 3.11. The molecule has 0 aliphatic carbocycles. The number of aromatic amines is 1. The summed E-state index contributed by atoms with van der Waals surface area (Å²) >= 11 is 0. The molecule has 1 aliphatic rings. The van der Waals surface area contributed by atoms with Crippen LogP contribution >= 0.6 is 0 Å². The van der Waals surface area contributed by atoms with E-state index in [2.05, 4.69) is 15.3 Å². The predicted molar refractivity (Wildman–Crippen MR) is 84.6 cm³/mol. The molecule has 1 aliphatic heterocycles. The Hall–Kier alpha value is -2.42. The van der Waals surface area contributed by atoms with Crippen molar-refractivity contribution in [3.8, 4) is 0 Å². The number of nitrogens with one attached hydrogen (secondary N) is 2. The lowest BCUT2D eigenvalue weighted by atomic mass is 10.2. The number of aromatic nitrogens is 2. The highest BCUT2D eigenvalue weighted by atomic mass is 32.2. The third-order valence-corrected chi connectivity index (χ3v) is 5.70. The van der Waals surface area contributed by atoms with Crippen LogP contribution in [0.5, 0.6) is 0 Å². The molecule has 1 saturated heterocycles. The van der Waals surface area contributed by atoms with Crippen molar-refractivity contribution in [1.29, 1.82) is 0 Å². The van der Waals surface area contributed by atoms with Crippen molar-refractivity contribution < 1.29 is 18.0 Å². The van der Waals surface area contributed by atoms with E-state index in [1.54, 1.807) is 18.2 Å². The SMILES string of the molecule is CN(C(=O)C(=O)Nc1ccc2nc[nH]c2c1)C1CCS(=O)(=O)C1. The van der Waals surface area contributed by atoms with Gasteiger partial charge < -0.3 is 15.2 Å². The van der Waals surface area contributed by atoms with E-state index in [4.69, 9.17) is 0 Å². The van der Waals surface area contributed by atoms with Crippen molar-refractivity contribution in [2.45, 2.75) is 12.5 Å². The van der Waals surface area contributed by atoms with Crippen LogP contribution in [0.4, 0.5) is 5.69 Å². The zero-order valence-electron chi connectivity index (χ0n) is 12.4. The van der Waals surface area contributed by atoms with Gasteiger partial charge in [-0.25, -0.2) is 13.4 Å². The molecule has 1 aromatic heterocycles. The molecule has 9 heteroatoms. The summed E-state index contributed by atoms with van der Waals surface area (Å²) in [7, 11) is -1.66. The quantitative estimate of drug-likeness (QED) is 0.758. The molecule has 8 nitrogen and oxygen atoms in total. The molecule has 0 radical (unpaired) electrons. The van der Waals surface area contributed by atoms with Crippen molar-refractivity contribution >= 4 is 38.4 Å². The molecule has 2 N–H and O–H groups in total. The average molecular weight is 336 g/mol. The number of carbonyl (C=O) groups excluding carboxylic acids is 2. The first kappa shape index (κ1) is 15.5. The van der Waals surface area contributed by atoms with Crippen LogP contribution in [0, 0.1) is 0 Å². The number of nitrogens with zero attached hydrogens (tertiary/aromatic N) is 2. The molecule has 0 saturated carbocycles. The maximum absolute atomic E-state index is 12.2. The largest absolute Gasteiger partial charge is 0.345 e. The minimum Gasteiger partial charge on any atom is -0.345 e. The summed E-state index contributed by atoms with van der Waals surface area (Å²) in [6, 6.07) is 4.59. The maximum Gasteiger partial charge on any atom is 0.313 e. The summed E-state index contributed by atoms with van der Waals surface area (Å²) in [5.41, 5.74) is 1.96. The normalized spacial score (nSPS) is 19.6. The van der Waals surface area contributed by atoms with Crippen LogP contribution in [0.1, 0.15) is 6.42 Å². The number of hydrogen-bond acceptors (Lipinski definition) is 5. The Morgan fingerprint density at radius 3 is 2.87 bits per heavy atom. The van der Waals surface area contributed by atoms with Gasteiger partial charge in [-0.15, -0.1) is 0 Å². The molecule has 122 valence electrons. The van der Waals surface area contributed by atoms with E-state index in [9.17, 15) is 18.0 Å². The number of benzene rings is 1. The van der Waals surface area contributed by atoms with Gasteiger partial charge in [-0.1, -0.05) is 0 Å². The summed E-state index contributed by atoms with van der Waals surface area (Å²) in [5, 5.41) is 2.52.